The second kappa shape index (κ2) is 8.29. The molecule has 0 spiro atoms. The molecule has 1 aliphatic rings. The normalized spacial score (nSPS) is 15.0. The number of nitrogens with one attached hydrogen (secondary N) is 2. The smallest absolute Gasteiger partial charge is 0.270 e. The Balaban J connectivity index is 1.59. The quantitative estimate of drug-likeness (QED) is 0.823. The molecule has 5 nitrogen and oxygen atoms in total. The molecule has 0 unspecified atom stereocenters. The number of anilines is 2. The van der Waals surface area contributed by atoms with E-state index in [1.807, 2.05) is 18.2 Å². The standard InChI is InChI=1S/C20H22N4O/c21-13-15-7-9-17(10-8-15)23-18-11-12-19(22-14-18)20(25)24-16-5-3-1-2-4-6-16/h7-12,14,16,23H,1-6H2,(H,24,25). The van der Waals surface area contributed by atoms with Gasteiger partial charge in [0.1, 0.15) is 5.69 Å². The summed E-state index contributed by atoms with van der Waals surface area (Å²) in [5, 5.41) is 15.1. The van der Waals surface area contributed by atoms with Crippen molar-refractivity contribution in [2.75, 3.05) is 5.32 Å². The maximum atomic E-state index is 12.3. The van der Waals surface area contributed by atoms with Crippen molar-refractivity contribution in [1.82, 2.24) is 10.3 Å². The van der Waals surface area contributed by atoms with E-state index in [0.29, 0.717) is 11.3 Å². The van der Waals surface area contributed by atoms with Gasteiger partial charge in [0.2, 0.25) is 0 Å². The Morgan fingerprint density at radius 2 is 1.68 bits per heavy atom. The van der Waals surface area contributed by atoms with Gasteiger partial charge in [-0.05, 0) is 49.2 Å². The number of carbonyl (C=O) groups is 1. The first-order chi connectivity index (χ1) is 12.2. The molecular weight excluding hydrogens is 312 g/mol. The minimum Gasteiger partial charge on any atom is -0.354 e. The van der Waals surface area contributed by atoms with E-state index >= 15 is 0 Å². The van der Waals surface area contributed by atoms with Crippen LogP contribution < -0.4 is 10.6 Å². The minimum absolute atomic E-state index is 0.100. The van der Waals surface area contributed by atoms with E-state index in [0.717, 1.165) is 24.2 Å². The van der Waals surface area contributed by atoms with Crippen LogP contribution in [0.3, 0.4) is 0 Å². The average molecular weight is 334 g/mol. The van der Waals surface area contributed by atoms with Gasteiger partial charge in [-0.15, -0.1) is 0 Å². The van der Waals surface area contributed by atoms with E-state index in [1.54, 1.807) is 24.4 Å². The third-order valence-electron chi connectivity index (χ3n) is 4.49. The first-order valence-electron chi connectivity index (χ1n) is 8.79. The summed E-state index contributed by atoms with van der Waals surface area (Å²) in [6, 6.07) is 13.1. The Labute approximate surface area is 148 Å². The molecule has 1 amide bonds. The average Bonchev–Trinajstić information content (AvgIpc) is 2.91. The molecule has 25 heavy (non-hydrogen) atoms. The second-order valence-electron chi connectivity index (χ2n) is 6.41. The highest BCUT2D eigenvalue weighted by Crippen LogP contribution is 2.19. The Morgan fingerprint density at radius 1 is 1.00 bits per heavy atom. The van der Waals surface area contributed by atoms with Gasteiger partial charge in [0.05, 0.1) is 23.5 Å². The highest BCUT2D eigenvalue weighted by molar-refractivity contribution is 5.92. The van der Waals surface area contributed by atoms with Crippen LogP contribution in [-0.2, 0) is 0 Å². The van der Waals surface area contributed by atoms with Crippen molar-refractivity contribution in [1.29, 1.82) is 5.26 Å². The summed E-state index contributed by atoms with van der Waals surface area (Å²) in [4.78, 5) is 16.6. The molecule has 1 aromatic heterocycles. The van der Waals surface area contributed by atoms with E-state index in [1.165, 1.54) is 25.7 Å². The Hall–Kier alpha value is -2.87. The van der Waals surface area contributed by atoms with Crippen LogP contribution in [-0.4, -0.2) is 16.9 Å². The fourth-order valence-electron chi connectivity index (χ4n) is 3.08. The van der Waals surface area contributed by atoms with Crippen LogP contribution in [0.15, 0.2) is 42.6 Å². The lowest BCUT2D eigenvalue weighted by molar-refractivity contribution is 0.0928. The number of nitrogens with zero attached hydrogens (tertiary/aromatic N) is 2. The van der Waals surface area contributed by atoms with E-state index < -0.39 is 0 Å². The van der Waals surface area contributed by atoms with Gasteiger partial charge in [0.15, 0.2) is 0 Å². The Morgan fingerprint density at radius 3 is 2.28 bits per heavy atom. The zero-order valence-corrected chi connectivity index (χ0v) is 14.2. The van der Waals surface area contributed by atoms with Crippen LogP contribution in [0.25, 0.3) is 0 Å². The van der Waals surface area contributed by atoms with E-state index in [2.05, 4.69) is 21.7 Å². The van der Waals surface area contributed by atoms with Crippen molar-refractivity contribution in [3.63, 3.8) is 0 Å². The van der Waals surface area contributed by atoms with Crippen molar-refractivity contribution in [3.8, 4) is 6.07 Å². The number of aromatic nitrogens is 1. The van der Waals surface area contributed by atoms with Crippen LogP contribution in [0.5, 0.6) is 0 Å². The van der Waals surface area contributed by atoms with E-state index in [-0.39, 0.29) is 11.9 Å². The molecule has 5 heteroatoms. The lowest BCUT2D eigenvalue weighted by Gasteiger charge is -2.16. The van der Waals surface area contributed by atoms with Crippen molar-refractivity contribution < 1.29 is 4.79 Å². The summed E-state index contributed by atoms with van der Waals surface area (Å²) in [6.45, 7) is 0. The fourth-order valence-corrected chi connectivity index (χ4v) is 3.08. The Kier molecular flexibility index (Phi) is 5.63. The van der Waals surface area contributed by atoms with Crippen LogP contribution >= 0.6 is 0 Å². The summed E-state index contributed by atoms with van der Waals surface area (Å²) >= 11 is 0. The van der Waals surface area contributed by atoms with Gasteiger partial charge in [0, 0.05) is 11.7 Å². The monoisotopic (exact) mass is 334 g/mol. The van der Waals surface area contributed by atoms with Gasteiger partial charge in [0.25, 0.3) is 5.91 Å². The third kappa shape index (κ3) is 4.80. The topological polar surface area (TPSA) is 77.8 Å². The summed E-state index contributed by atoms with van der Waals surface area (Å²) in [5.41, 5.74) is 2.73. The molecule has 1 saturated carbocycles. The molecule has 128 valence electrons. The van der Waals surface area contributed by atoms with Gasteiger partial charge in [-0.1, -0.05) is 25.7 Å². The van der Waals surface area contributed by atoms with Gasteiger partial charge >= 0.3 is 0 Å². The second-order valence-corrected chi connectivity index (χ2v) is 6.41. The zero-order valence-electron chi connectivity index (χ0n) is 14.2. The van der Waals surface area contributed by atoms with Crippen molar-refractivity contribution in [3.05, 3.63) is 53.9 Å². The van der Waals surface area contributed by atoms with Crippen LogP contribution in [0.2, 0.25) is 0 Å². The predicted octanol–water partition coefficient (Wildman–Crippen LogP) is 4.15. The van der Waals surface area contributed by atoms with Gasteiger partial charge in [-0.2, -0.15) is 5.26 Å². The summed E-state index contributed by atoms with van der Waals surface area (Å²) in [6.07, 6.45) is 8.67. The molecule has 1 fully saturated rings. The largest absolute Gasteiger partial charge is 0.354 e. The molecule has 0 saturated heterocycles. The van der Waals surface area contributed by atoms with Crippen LogP contribution in [0.4, 0.5) is 11.4 Å². The predicted molar refractivity (Wildman–Crippen MR) is 97.6 cm³/mol. The Bertz CT molecular complexity index is 739. The molecule has 1 heterocycles. The number of hydrogen-bond acceptors (Lipinski definition) is 4. The fraction of sp³-hybridized carbons (Fsp3) is 0.350. The molecule has 1 aliphatic carbocycles. The molecule has 3 rings (SSSR count). The number of benzene rings is 1. The van der Waals surface area contributed by atoms with Crippen LogP contribution in [0, 0.1) is 11.3 Å². The number of rotatable bonds is 4. The number of amides is 1. The van der Waals surface area contributed by atoms with Crippen LogP contribution in [0.1, 0.15) is 54.6 Å². The molecule has 0 aliphatic heterocycles. The van der Waals surface area contributed by atoms with E-state index in [9.17, 15) is 4.79 Å². The molecular formula is C20H22N4O. The molecule has 2 N–H and O–H groups in total. The number of nitriles is 1. The maximum Gasteiger partial charge on any atom is 0.270 e. The number of hydrogen-bond donors (Lipinski definition) is 2. The molecule has 0 atom stereocenters. The lowest BCUT2D eigenvalue weighted by atomic mass is 10.1. The van der Waals surface area contributed by atoms with Gasteiger partial charge < -0.3 is 10.6 Å². The summed E-state index contributed by atoms with van der Waals surface area (Å²) in [7, 11) is 0. The molecule has 2 aromatic rings. The zero-order chi connectivity index (χ0) is 17.5. The van der Waals surface area contributed by atoms with Crippen molar-refractivity contribution in [2.24, 2.45) is 0 Å². The van der Waals surface area contributed by atoms with Gasteiger partial charge in [-0.3, -0.25) is 4.79 Å². The molecule has 1 aromatic carbocycles. The highest BCUT2D eigenvalue weighted by atomic mass is 16.1. The lowest BCUT2D eigenvalue weighted by Crippen LogP contribution is -2.34. The first-order valence-corrected chi connectivity index (χ1v) is 8.79. The summed E-state index contributed by atoms with van der Waals surface area (Å²) in [5.74, 6) is -0.100. The minimum atomic E-state index is -0.100. The highest BCUT2D eigenvalue weighted by Gasteiger charge is 2.16. The van der Waals surface area contributed by atoms with Crippen molar-refractivity contribution >= 4 is 17.3 Å². The third-order valence-corrected chi connectivity index (χ3v) is 4.49. The van der Waals surface area contributed by atoms with E-state index in [4.69, 9.17) is 5.26 Å². The molecule has 0 bridgehead atoms. The number of carbonyl (C=O) groups excluding carboxylic acids is 1. The molecule has 0 radical (unpaired) electrons. The summed E-state index contributed by atoms with van der Waals surface area (Å²) < 4.78 is 0. The van der Waals surface area contributed by atoms with Gasteiger partial charge in [-0.25, -0.2) is 4.98 Å². The SMILES string of the molecule is N#Cc1ccc(Nc2ccc(C(=O)NC3CCCCCC3)nc2)cc1. The first kappa shape index (κ1) is 17.0. The maximum absolute atomic E-state index is 12.3. The number of pyridine rings is 1. The van der Waals surface area contributed by atoms with Crippen molar-refractivity contribution in [2.45, 2.75) is 44.6 Å².